The van der Waals surface area contributed by atoms with Crippen molar-refractivity contribution in [3.05, 3.63) is 95.3 Å². The largest absolute Gasteiger partial charge is 0.497 e. The third-order valence-corrected chi connectivity index (χ3v) is 4.60. The summed E-state index contributed by atoms with van der Waals surface area (Å²) < 4.78 is 19.5. The van der Waals surface area contributed by atoms with E-state index in [9.17, 15) is 14.0 Å². The SMILES string of the molecule is COc1ccc(C(=O)Nc2cccc(F)c2C(=O)CCCc2ccccc2)cc1. The number of nitrogens with one attached hydrogen (secondary N) is 1. The van der Waals surface area contributed by atoms with Crippen LogP contribution in [0.25, 0.3) is 0 Å². The van der Waals surface area contributed by atoms with Gasteiger partial charge in [0.05, 0.1) is 18.4 Å². The number of ether oxygens (including phenoxy) is 1. The molecule has 5 heteroatoms. The second-order valence-corrected chi connectivity index (χ2v) is 6.61. The van der Waals surface area contributed by atoms with Crippen LogP contribution in [0, 0.1) is 5.82 Å². The van der Waals surface area contributed by atoms with Gasteiger partial charge in [-0.2, -0.15) is 0 Å². The Morgan fingerprint density at radius 1 is 0.931 bits per heavy atom. The molecule has 0 heterocycles. The lowest BCUT2D eigenvalue weighted by atomic mass is 10.0. The number of methoxy groups -OCH3 is 1. The molecule has 1 N–H and O–H groups in total. The van der Waals surface area contributed by atoms with E-state index in [2.05, 4.69) is 5.32 Å². The minimum Gasteiger partial charge on any atom is -0.497 e. The molecule has 3 aromatic rings. The minimum absolute atomic E-state index is 0.0811. The maximum Gasteiger partial charge on any atom is 0.255 e. The molecule has 3 aromatic carbocycles. The highest BCUT2D eigenvalue weighted by atomic mass is 19.1. The zero-order chi connectivity index (χ0) is 20.6. The van der Waals surface area contributed by atoms with E-state index in [4.69, 9.17) is 4.74 Å². The number of halogens is 1. The number of hydrogen-bond donors (Lipinski definition) is 1. The van der Waals surface area contributed by atoms with Crippen LogP contribution in [-0.2, 0) is 6.42 Å². The monoisotopic (exact) mass is 391 g/mol. The van der Waals surface area contributed by atoms with Gasteiger partial charge in [-0.1, -0.05) is 36.4 Å². The lowest BCUT2D eigenvalue weighted by Crippen LogP contribution is -2.16. The van der Waals surface area contributed by atoms with E-state index in [1.807, 2.05) is 30.3 Å². The molecule has 0 saturated heterocycles. The molecular formula is C24H22FNO3. The van der Waals surface area contributed by atoms with Crippen LogP contribution in [0.15, 0.2) is 72.8 Å². The smallest absolute Gasteiger partial charge is 0.255 e. The molecule has 0 aliphatic rings. The summed E-state index contributed by atoms with van der Waals surface area (Å²) in [5.41, 5.74) is 1.61. The number of ketones is 1. The molecule has 0 aromatic heterocycles. The van der Waals surface area contributed by atoms with E-state index >= 15 is 0 Å². The number of hydrogen-bond acceptors (Lipinski definition) is 3. The summed E-state index contributed by atoms with van der Waals surface area (Å²) in [6, 6.07) is 20.6. The molecule has 4 nitrogen and oxygen atoms in total. The third-order valence-electron chi connectivity index (χ3n) is 4.60. The van der Waals surface area contributed by atoms with Gasteiger partial charge >= 0.3 is 0 Å². The lowest BCUT2D eigenvalue weighted by Gasteiger charge is -2.12. The molecule has 29 heavy (non-hydrogen) atoms. The van der Waals surface area contributed by atoms with E-state index in [0.29, 0.717) is 17.7 Å². The maximum absolute atomic E-state index is 14.4. The number of carbonyl (C=O) groups excluding carboxylic acids is 2. The maximum atomic E-state index is 14.4. The average molecular weight is 391 g/mol. The van der Waals surface area contributed by atoms with Crippen LogP contribution in [0.5, 0.6) is 5.75 Å². The molecule has 0 fully saturated rings. The number of amides is 1. The summed E-state index contributed by atoms with van der Waals surface area (Å²) in [4.78, 5) is 25.2. The van der Waals surface area contributed by atoms with Gasteiger partial charge in [-0.15, -0.1) is 0 Å². The fraction of sp³-hybridized carbons (Fsp3) is 0.167. The number of rotatable bonds is 8. The van der Waals surface area contributed by atoms with E-state index in [1.54, 1.807) is 24.3 Å². The van der Waals surface area contributed by atoms with Crippen molar-refractivity contribution in [1.82, 2.24) is 0 Å². The summed E-state index contributed by atoms with van der Waals surface area (Å²) in [6.07, 6.45) is 1.53. The molecule has 0 bridgehead atoms. The Morgan fingerprint density at radius 2 is 1.66 bits per heavy atom. The first-order valence-corrected chi connectivity index (χ1v) is 9.39. The molecule has 0 atom stereocenters. The first-order chi connectivity index (χ1) is 14.1. The third kappa shape index (κ3) is 5.29. The number of anilines is 1. The van der Waals surface area contributed by atoms with E-state index < -0.39 is 11.7 Å². The van der Waals surface area contributed by atoms with Crippen molar-refractivity contribution in [3.63, 3.8) is 0 Å². The lowest BCUT2D eigenvalue weighted by molar-refractivity contribution is 0.0977. The van der Waals surface area contributed by atoms with Crippen molar-refractivity contribution < 1.29 is 18.7 Å². The topological polar surface area (TPSA) is 55.4 Å². The molecule has 0 saturated carbocycles. The predicted molar refractivity (Wildman–Crippen MR) is 111 cm³/mol. The van der Waals surface area contributed by atoms with Crippen molar-refractivity contribution in [2.24, 2.45) is 0 Å². The average Bonchev–Trinajstić information content (AvgIpc) is 2.74. The van der Waals surface area contributed by atoms with Crippen molar-refractivity contribution in [3.8, 4) is 5.75 Å². The molecule has 148 valence electrons. The zero-order valence-electron chi connectivity index (χ0n) is 16.2. The summed E-state index contributed by atoms with van der Waals surface area (Å²) >= 11 is 0. The molecule has 3 rings (SSSR count). The summed E-state index contributed by atoms with van der Waals surface area (Å²) in [7, 11) is 1.54. The van der Waals surface area contributed by atoms with Crippen LogP contribution < -0.4 is 10.1 Å². The van der Waals surface area contributed by atoms with Crippen LogP contribution in [0.2, 0.25) is 0 Å². The van der Waals surface area contributed by atoms with Crippen molar-refractivity contribution in [2.45, 2.75) is 19.3 Å². The van der Waals surface area contributed by atoms with Crippen LogP contribution >= 0.6 is 0 Å². The Labute approximate surface area is 169 Å². The van der Waals surface area contributed by atoms with Gasteiger partial charge in [0.2, 0.25) is 0 Å². The zero-order valence-corrected chi connectivity index (χ0v) is 16.2. The minimum atomic E-state index is -0.637. The second-order valence-electron chi connectivity index (χ2n) is 6.61. The predicted octanol–water partition coefficient (Wildman–Crippen LogP) is 5.29. The fourth-order valence-electron chi connectivity index (χ4n) is 3.07. The number of carbonyl (C=O) groups is 2. The fourth-order valence-corrected chi connectivity index (χ4v) is 3.07. The molecule has 0 radical (unpaired) electrons. The van der Waals surface area contributed by atoms with Gasteiger partial charge < -0.3 is 10.1 Å². The highest BCUT2D eigenvalue weighted by Gasteiger charge is 2.18. The Bertz CT molecular complexity index is 985. The molecule has 0 unspecified atom stereocenters. The Hall–Kier alpha value is -3.47. The van der Waals surface area contributed by atoms with Gasteiger partial charge in [-0.25, -0.2) is 4.39 Å². The van der Waals surface area contributed by atoms with Crippen LogP contribution in [0.3, 0.4) is 0 Å². The van der Waals surface area contributed by atoms with Crippen LogP contribution in [0.4, 0.5) is 10.1 Å². The molecular weight excluding hydrogens is 369 g/mol. The first-order valence-electron chi connectivity index (χ1n) is 9.39. The molecule has 1 amide bonds. The van der Waals surface area contributed by atoms with Gasteiger partial charge in [0.25, 0.3) is 5.91 Å². The van der Waals surface area contributed by atoms with E-state index in [-0.39, 0.29) is 23.5 Å². The van der Waals surface area contributed by atoms with Gasteiger partial charge in [0.15, 0.2) is 5.78 Å². The van der Waals surface area contributed by atoms with Crippen LogP contribution in [0.1, 0.15) is 39.1 Å². The van der Waals surface area contributed by atoms with Gasteiger partial charge in [-0.05, 0) is 54.8 Å². The van der Waals surface area contributed by atoms with Crippen molar-refractivity contribution in [2.75, 3.05) is 12.4 Å². The van der Waals surface area contributed by atoms with Crippen LogP contribution in [-0.4, -0.2) is 18.8 Å². The standard InChI is InChI=1S/C24H22FNO3/c1-29-19-15-13-18(14-16-19)24(28)26-21-11-6-10-20(25)23(21)22(27)12-5-9-17-7-3-2-4-8-17/h2-4,6-8,10-11,13-16H,5,9,12H2,1H3,(H,26,28). The number of Topliss-reactive ketones (excluding diaryl/α,β-unsaturated/α-hetero) is 1. The summed E-state index contributed by atoms with van der Waals surface area (Å²) in [5, 5.41) is 2.65. The highest BCUT2D eigenvalue weighted by Crippen LogP contribution is 2.23. The molecule has 0 aliphatic heterocycles. The number of benzene rings is 3. The Balaban J connectivity index is 1.70. The summed E-state index contributed by atoms with van der Waals surface area (Å²) in [5.74, 6) is -0.760. The van der Waals surface area contributed by atoms with Crippen molar-refractivity contribution in [1.29, 1.82) is 0 Å². The van der Waals surface area contributed by atoms with E-state index in [0.717, 1.165) is 12.0 Å². The van der Waals surface area contributed by atoms with Crippen molar-refractivity contribution >= 4 is 17.4 Å². The van der Waals surface area contributed by atoms with Gasteiger partial charge in [-0.3, -0.25) is 9.59 Å². The van der Waals surface area contributed by atoms with Gasteiger partial charge in [0.1, 0.15) is 11.6 Å². The molecule has 0 spiro atoms. The molecule has 0 aliphatic carbocycles. The quantitative estimate of drug-likeness (QED) is 0.531. The summed E-state index contributed by atoms with van der Waals surface area (Å²) in [6.45, 7) is 0. The second kappa shape index (κ2) is 9.64. The normalized spacial score (nSPS) is 10.4. The van der Waals surface area contributed by atoms with E-state index in [1.165, 1.54) is 25.3 Å². The first kappa shape index (κ1) is 20.3. The van der Waals surface area contributed by atoms with Gasteiger partial charge in [0, 0.05) is 12.0 Å². The Morgan fingerprint density at radius 3 is 2.34 bits per heavy atom. The Kier molecular flexibility index (Phi) is 6.74. The number of aryl methyl sites for hydroxylation is 1. The highest BCUT2D eigenvalue weighted by molar-refractivity contribution is 6.09.